The number of hydrogen-bond acceptors (Lipinski definition) is 5. The topological polar surface area (TPSA) is 96.0 Å². The summed E-state index contributed by atoms with van der Waals surface area (Å²) in [4.78, 5) is 27.9. The molecule has 0 aromatic heterocycles. The molecule has 1 N–H and O–H groups in total. The molecule has 4 aromatic carbocycles. The van der Waals surface area contributed by atoms with E-state index in [4.69, 9.17) is 4.74 Å². The molecule has 9 heteroatoms. The van der Waals surface area contributed by atoms with E-state index in [0.717, 1.165) is 20.6 Å². The molecule has 1 aliphatic heterocycles. The Kier molecular flexibility index (Phi) is 7.13. The molecule has 0 bridgehead atoms. The lowest BCUT2D eigenvalue weighted by Crippen LogP contribution is -2.52. The number of benzene rings is 4. The van der Waals surface area contributed by atoms with Crippen LogP contribution in [0.25, 0.3) is 10.8 Å². The lowest BCUT2D eigenvalue weighted by atomic mass is 10.1. The van der Waals surface area contributed by atoms with Gasteiger partial charge in [-0.05, 0) is 40.6 Å². The molecule has 8 nitrogen and oxygen atoms in total. The maximum atomic E-state index is 13.4. The van der Waals surface area contributed by atoms with Crippen molar-refractivity contribution in [2.45, 2.75) is 17.5 Å². The van der Waals surface area contributed by atoms with Crippen LogP contribution in [0.3, 0.4) is 0 Å². The van der Waals surface area contributed by atoms with Gasteiger partial charge in [0.2, 0.25) is 15.9 Å². The third-order valence-corrected chi connectivity index (χ3v) is 8.26. The fourth-order valence-electron chi connectivity index (χ4n) is 4.37. The van der Waals surface area contributed by atoms with Crippen molar-refractivity contribution in [3.63, 3.8) is 0 Å². The van der Waals surface area contributed by atoms with Crippen LogP contribution in [-0.2, 0) is 26.2 Å². The van der Waals surface area contributed by atoms with E-state index in [-0.39, 0.29) is 17.3 Å². The molecule has 0 fully saturated rings. The number of ether oxygens (including phenoxy) is 1. The lowest BCUT2D eigenvalue weighted by molar-refractivity contribution is -0.128. The van der Waals surface area contributed by atoms with E-state index in [1.807, 2.05) is 54.6 Å². The van der Waals surface area contributed by atoms with Crippen LogP contribution in [0, 0.1) is 0 Å². The second-order valence-corrected chi connectivity index (χ2v) is 11.1. The zero-order valence-electron chi connectivity index (χ0n) is 20.8. The Labute approximate surface area is 221 Å². The molecule has 1 heterocycles. The highest BCUT2D eigenvalue weighted by atomic mass is 32.2. The van der Waals surface area contributed by atoms with Crippen LogP contribution in [0.4, 0.5) is 5.69 Å². The molecule has 1 unspecified atom stereocenters. The summed E-state index contributed by atoms with van der Waals surface area (Å²) >= 11 is 0. The number of fused-ring (bicyclic) bond motifs is 2. The molecule has 38 heavy (non-hydrogen) atoms. The number of hydrogen-bond donors (Lipinski definition) is 1. The number of anilines is 1. The third kappa shape index (κ3) is 5.25. The quantitative estimate of drug-likeness (QED) is 0.395. The molecule has 0 saturated heterocycles. The van der Waals surface area contributed by atoms with E-state index in [1.54, 1.807) is 36.4 Å². The van der Waals surface area contributed by atoms with Crippen molar-refractivity contribution in [3.05, 3.63) is 103 Å². The van der Waals surface area contributed by atoms with Gasteiger partial charge in [-0.3, -0.25) is 9.59 Å². The fourth-order valence-corrected chi connectivity index (χ4v) is 5.53. The van der Waals surface area contributed by atoms with Crippen molar-refractivity contribution in [3.8, 4) is 5.75 Å². The van der Waals surface area contributed by atoms with E-state index < -0.39 is 28.6 Å². The monoisotopic (exact) mass is 529 g/mol. The second kappa shape index (κ2) is 10.6. The van der Waals surface area contributed by atoms with Crippen LogP contribution in [0.1, 0.15) is 5.56 Å². The normalized spacial score (nSPS) is 15.1. The molecule has 4 aromatic rings. The van der Waals surface area contributed by atoms with Gasteiger partial charge in [0.05, 0.1) is 23.7 Å². The van der Waals surface area contributed by atoms with Gasteiger partial charge in [0.25, 0.3) is 5.91 Å². The fraction of sp³-hybridized carbons (Fsp3) is 0.172. The summed E-state index contributed by atoms with van der Waals surface area (Å²) in [5.41, 5.74) is 1.42. The van der Waals surface area contributed by atoms with Gasteiger partial charge in [-0.1, -0.05) is 72.8 Å². The van der Waals surface area contributed by atoms with Crippen LogP contribution in [0.5, 0.6) is 5.75 Å². The first kappa shape index (κ1) is 25.4. The Balaban J connectivity index is 1.32. The molecule has 0 aliphatic carbocycles. The first-order valence-electron chi connectivity index (χ1n) is 12.2. The molecule has 0 saturated carbocycles. The summed E-state index contributed by atoms with van der Waals surface area (Å²) in [5.74, 6) is -0.446. The number of sulfonamides is 1. The summed E-state index contributed by atoms with van der Waals surface area (Å²) in [5, 5.41) is 4.57. The van der Waals surface area contributed by atoms with Crippen LogP contribution in [0.2, 0.25) is 0 Å². The van der Waals surface area contributed by atoms with E-state index in [0.29, 0.717) is 18.0 Å². The zero-order valence-corrected chi connectivity index (χ0v) is 21.6. The molecule has 1 aliphatic rings. The molecule has 1 atom stereocenters. The Morgan fingerprint density at radius 3 is 2.39 bits per heavy atom. The maximum absolute atomic E-state index is 13.4. The van der Waals surface area contributed by atoms with E-state index in [9.17, 15) is 18.0 Å². The number of nitrogens with one attached hydrogen (secondary N) is 1. The highest BCUT2D eigenvalue weighted by Crippen LogP contribution is 2.33. The highest BCUT2D eigenvalue weighted by molar-refractivity contribution is 7.89. The standard InChI is InChI=1S/C29H27N3O5S/c1-31(38(35,36)24-16-15-22-11-5-6-12-23(22)17-24)20-28(33)32-19-27(37-26-14-8-7-13-25(26)32)29(34)30-18-21-9-3-2-4-10-21/h2-17,27H,18-20H2,1H3,(H,30,34). The number of rotatable bonds is 7. The minimum atomic E-state index is -3.94. The van der Waals surface area contributed by atoms with Crippen LogP contribution < -0.4 is 15.0 Å². The molecular formula is C29H27N3O5S. The van der Waals surface area contributed by atoms with Crippen molar-refractivity contribution >= 4 is 38.3 Å². The van der Waals surface area contributed by atoms with Crippen molar-refractivity contribution in [2.24, 2.45) is 0 Å². The summed E-state index contributed by atoms with van der Waals surface area (Å²) in [6.45, 7) is -0.121. The maximum Gasteiger partial charge on any atom is 0.263 e. The average Bonchev–Trinajstić information content (AvgIpc) is 2.95. The van der Waals surface area contributed by atoms with Crippen LogP contribution in [0.15, 0.2) is 102 Å². The molecule has 194 valence electrons. The Morgan fingerprint density at radius 1 is 0.921 bits per heavy atom. The Bertz CT molecular complexity index is 1590. The molecule has 0 radical (unpaired) electrons. The molecule has 5 rings (SSSR count). The van der Waals surface area contributed by atoms with Gasteiger partial charge in [-0.15, -0.1) is 0 Å². The summed E-state index contributed by atoms with van der Waals surface area (Å²) in [6, 6.07) is 28.7. The third-order valence-electron chi connectivity index (χ3n) is 6.46. The summed E-state index contributed by atoms with van der Waals surface area (Å²) in [7, 11) is -2.56. The number of para-hydroxylation sites is 2. The molecule has 2 amide bonds. The zero-order chi connectivity index (χ0) is 26.7. The predicted molar refractivity (Wildman–Crippen MR) is 145 cm³/mol. The van der Waals surface area contributed by atoms with Crippen molar-refractivity contribution in [1.29, 1.82) is 0 Å². The van der Waals surface area contributed by atoms with Gasteiger partial charge in [0.1, 0.15) is 5.75 Å². The number of carbonyl (C=O) groups is 2. The van der Waals surface area contributed by atoms with Crippen molar-refractivity contribution in [1.82, 2.24) is 9.62 Å². The Morgan fingerprint density at radius 2 is 1.61 bits per heavy atom. The van der Waals surface area contributed by atoms with E-state index >= 15 is 0 Å². The van der Waals surface area contributed by atoms with E-state index in [2.05, 4.69) is 5.32 Å². The highest BCUT2D eigenvalue weighted by Gasteiger charge is 2.35. The van der Waals surface area contributed by atoms with Crippen LogP contribution in [-0.4, -0.2) is 50.8 Å². The first-order chi connectivity index (χ1) is 18.3. The molecule has 0 spiro atoms. The van der Waals surface area contributed by atoms with Gasteiger partial charge >= 0.3 is 0 Å². The average molecular weight is 530 g/mol. The number of amides is 2. The SMILES string of the molecule is CN(CC(=O)N1CC(C(=O)NCc2ccccc2)Oc2ccccc21)S(=O)(=O)c1ccc2ccccc2c1. The lowest BCUT2D eigenvalue weighted by Gasteiger charge is -2.35. The van der Waals surface area contributed by atoms with Crippen LogP contribution >= 0.6 is 0 Å². The number of carbonyl (C=O) groups excluding carboxylic acids is 2. The van der Waals surface area contributed by atoms with Gasteiger partial charge in [-0.2, -0.15) is 4.31 Å². The summed E-state index contributed by atoms with van der Waals surface area (Å²) < 4.78 is 33.5. The van der Waals surface area contributed by atoms with Gasteiger partial charge in [0.15, 0.2) is 6.10 Å². The largest absolute Gasteiger partial charge is 0.477 e. The second-order valence-electron chi connectivity index (χ2n) is 9.05. The number of nitrogens with zero attached hydrogens (tertiary/aromatic N) is 2. The Hall–Kier alpha value is -4.21. The van der Waals surface area contributed by atoms with Gasteiger partial charge in [-0.25, -0.2) is 8.42 Å². The smallest absolute Gasteiger partial charge is 0.263 e. The van der Waals surface area contributed by atoms with Crippen molar-refractivity contribution in [2.75, 3.05) is 25.0 Å². The van der Waals surface area contributed by atoms with E-state index in [1.165, 1.54) is 18.0 Å². The predicted octanol–water partition coefficient (Wildman–Crippen LogP) is 3.57. The van der Waals surface area contributed by atoms with Gasteiger partial charge < -0.3 is 15.0 Å². The van der Waals surface area contributed by atoms with Gasteiger partial charge in [0, 0.05) is 13.6 Å². The number of likely N-dealkylation sites (N-methyl/N-ethyl adjacent to an activating group) is 1. The summed E-state index contributed by atoms with van der Waals surface area (Å²) in [6.07, 6.45) is -0.944. The minimum absolute atomic E-state index is 0.0413. The molecular weight excluding hydrogens is 502 g/mol. The van der Waals surface area contributed by atoms with Crippen molar-refractivity contribution < 1.29 is 22.7 Å². The minimum Gasteiger partial charge on any atom is -0.477 e. The first-order valence-corrected chi connectivity index (χ1v) is 13.6.